The van der Waals surface area contributed by atoms with E-state index in [1.54, 1.807) is 0 Å². The largest absolute Gasteiger partial charge is 0.390 e. The Hall–Kier alpha value is -0.340. The average molecular weight is 319 g/mol. The van der Waals surface area contributed by atoms with Gasteiger partial charge in [0.25, 0.3) is 0 Å². The molecule has 4 aliphatic rings. The smallest absolute Gasteiger partial charge is 0.0623 e. The van der Waals surface area contributed by atoms with Crippen LogP contribution in [0, 0.1) is 35.0 Å². The third-order valence-corrected chi connectivity index (χ3v) is 8.52. The van der Waals surface area contributed by atoms with Gasteiger partial charge in [-0.1, -0.05) is 19.1 Å². The van der Waals surface area contributed by atoms with Crippen molar-refractivity contribution < 1.29 is 9.84 Å². The first-order valence-corrected chi connectivity index (χ1v) is 9.79. The zero-order valence-electron chi connectivity index (χ0n) is 15.2. The topological polar surface area (TPSA) is 29.5 Å². The molecule has 23 heavy (non-hydrogen) atoms. The Balaban J connectivity index is 1.63. The monoisotopic (exact) mass is 318 g/mol. The number of fused-ring (bicyclic) bond motifs is 5. The van der Waals surface area contributed by atoms with Crippen LogP contribution in [-0.2, 0) is 4.74 Å². The maximum atomic E-state index is 10.6. The number of hydrogen-bond acceptors (Lipinski definition) is 2. The molecule has 2 heteroatoms. The second-order valence-electron chi connectivity index (χ2n) is 9.61. The molecule has 4 fully saturated rings. The number of ether oxygens (including phenoxy) is 1. The summed E-state index contributed by atoms with van der Waals surface area (Å²) < 4.78 is 5.98. The predicted molar refractivity (Wildman–Crippen MR) is 93.1 cm³/mol. The van der Waals surface area contributed by atoms with E-state index < -0.39 is 5.60 Å². The number of aliphatic hydroxyl groups is 1. The highest BCUT2D eigenvalue weighted by atomic mass is 16.5. The average Bonchev–Trinajstić information content (AvgIpc) is 2.81. The minimum Gasteiger partial charge on any atom is -0.390 e. The van der Waals surface area contributed by atoms with E-state index in [0.29, 0.717) is 17.4 Å². The van der Waals surface area contributed by atoms with Crippen LogP contribution >= 0.6 is 0 Å². The minimum absolute atomic E-state index is 0.351. The molecule has 4 saturated carbocycles. The number of methoxy groups -OCH3 is 1. The van der Waals surface area contributed by atoms with Gasteiger partial charge in [-0.15, -0.1) is 0 Å². The van der Waals surface area contributed by atoms with Gasteiger partial charge in [-0.2, -0.15) is 0 Å². The first kappa shape index (κ1) is 16.1. The molecule has 8 atom stereocenters. The van der Waals surface area contributed by atoms with Crippen LogP contribution < -0.4 is 0 Å². The lowest BCUT2D eigenvalue weighted by molar-refractivity contribution is -0.146. The zero-order chi connectivity index (χ0) is 16.4. The van der Waals surface area contributed by atoms with Gasteiger partial charge in [-0.25, -0.2) is 0 Å². The van der Waals surface area contributed by atoms with E-state index in [4.69, 9.17) is 4.74 Å². The van der Waals surface area contributed by atoms with Crippen molar-refractivity contribution in [3.63, 3.8) is 0 Å². The lowest BCUT2D eigenvalue weighted by Gasteiger charge is -2.58. The molecule has 0 aromatic rings. The van der Waals surface area contributed by atoms with Crippen molar-refractivity contribution in [2.45, 2.75) is 76.9 Å². The highest BCUT2D eigenvalue weighted by Gasteiger charge is 2.57. The van der Waals surface area contributed by atoms with Crippen LogP contribution in [0.3, 0.4) is 0 Å². The Labute approximate surface area is 141 Å². The summed E-state index contributed by atoms with van der Waals surface area (Å²) in [6.45, 7) is 8.94. The number of allylic oxidation sites excluding steroid dienone is 1. The molecule has 0 spiro atoms. The quantitative estimate of drug-likeness (QED) is 0.718. The van der Waals surface area contributed by atoms with E-state index >= 15 is 0 Å². The highest BCUT2D eigenvalue weighted by Crippen LogP contribution is 2.64. The summed E-state index contributed by atoms with van der Waals surface area (Å²) in [5.41, 5.74) is 1.44. The molecule has 0 unspecified atom stereocenters. The first-order chi connectivity index (χ1) is 10.9. The molecule has 0 aromatic heterocycles. The fourth-order valence-corrected chi connectivity index (χ4v) is 7.20. The van der Waals surface area contributed by atoms with Crippen LogP contribution in [-0.4, -0.2) is 23.9 Å². The molecule has 4 aliphatic carbocycles. The van der Waals surface area contributed by atoms with Crippen LogP contribution in [0.1, 0.15) is 65.2 Å². The molecular formula is C21H34O2. The SMILES string of the molecule is C=C1CC[C@H]2[C@@H]3C[C@@H](OC)[C@@H]4C[C@](C)(O)CC[C@@H]4[C@H]3CC[C@]12C. The lowest BCUT2D eigenvalue weighted by Crippen LogP contribution is -2.54. The standard InChI is InChI=1S/C21H34O2/c1-13-5-6-18-16-11-19(23-4)17-12-20(2,22)9-7-15(17)14(16)8-10-21(13,18)3/h14-19,22H,1,5-12H2,2-4H3/t14-,15-,16-,17-,18+,19-,20-,21-/m1/s1. The Morgan fingerprint density at radius 3 is 2.48 bits per heavy atom. The second-order valence-corrected chi connectivity index (χ2v) is 9.61. The van der Waals surface area contributed by atoms with Crippen LogP contribution in [0.2, 0.25) is 0 Å². The second kappa shape index (κ2) is 5.33. The summed E-state index contributed by atoms with van der Waals surface area (Å²) in [6, 6.07) is 0. The minimum atomic E-state index is -0.477. The summed E-state index contributed by atoms with van der Waals surface area (Å²) in [6.07, 6.45) is 9.98. The molecule has 130 valence electrons. The van der Waals surface area contributed by atoms with Gasteiger partial charge in [0.1, 0.15) is 0 Å². The molecule has 0 aliphatic heterocycles. The Morgan fingerprint density at radius 2 is 1.74 bits per heavy atom. The maximum Gasteiger partial charge on any atom is 0.0623 e. The zero-order valence-corrected chi connectivity index (χ0v) is 15.2. The van der Waals surface area contributed by atoms with Crippen LogP contribution in [0.15, 0.2) is 12.2 Å². The fraction of sp³-hybridized carbons (Fsp3) is 0.905. The first-order valence-electron chi connectivity index (χ1n) is 9.79. The van der Waals surface area contributed by atoms with Crippen molar-refractivity contribution in [2.24, 2.45) is 35.0 Å². The van der Waals surface area contributed by atoms with Gasteiger partial charge in [0, 0.05) is 7.11 Å². The maximum absolute atomic E-state index is 10.6. The fourth-order valence-electron chi connectivity index (χ4n) is 7.20. The van der Waals surface area contributed by atoms with Crippen LogP contribution in [0.4, 0.5) is 0 Å². The summed E-state index contributed by atoms with van der Waals surface area (Å²) in [5, 5.41) is 10.6. The summed E-state index contributed by atoms with van der Waals surface area (Å²) in [4.78, 5) is 0. The van der Waals surface area contributed by atoms with E-state index in [2.05, 4.69) is 13.5 Å². The molecule has 2 nitrogen and oxygen atoms in total. The van der Waals surface area contributed by atoms with E-state index in [9.17, 15) is 5.11 Å². The van der Waals surface area contributed by atoms with Gasteiger partial charge in [0.2, 0.25) is 0 Å². The summed E-state index contributed by atoms with van der Waals surface area (Å²) >= 11 is 0. The van der Waals surface area contributed by atoms with E-state index in [0.717, 1.165) is 36.5 Å². The van der Waals surface area contributed by atoms with Crippen molar-refractivity contribution >= 4 is 0 Å². The molecule has 0 heterocycles. The number of hydrogen-bond donors (Lipinski definition) is 1. The Morgan fingerprint density at radius 1 is 1.04 bits per heavy atom. The van der Waals surface area contributed by atoms with Crippen molar-refractivity contribution in [2.75, 3.05) is 7.11 Å². The van der Waals surface area contributed by atoms with E-state index in [-0.39, 0.29) is 0 Å². The molecule has 0 saturated heterocycles. The van der Waals surface area contributed by atoms with Crippen LogP contribution in [0.5, 0.6) is 0 Å². The predicted octanol–water partition coefficient (Wildman–Crippen LogP) is 4.57. The third-order valence-electron chi connectivity index (χ3n) is 8.52. The van der Waals surface area contributed by atoms with E-state index in [1.807, 2.05) is 14.0 Å². The lowest BCUT2D eigenvalue weighted by atomic mass is 9.49. The highest BCUT2D eigenvalue weighted by molar-refractivity contribution is 5.21. The van der Waals surface area contributed by atoms with Gasteiger partial charge in [-0.3, -0.25) is 0 Å². The van der Waals surface area contributed by atoms with Gasteiger partial charge >= 0.3 is 0 Å². The molecule has 4 rings (SSSR count). The van der Waals surface area contributed by atoms with Crippen molar-refractivity contribution in [3.05, 3.63) is 12.2 Å². The van der Waals surface area contributed by atoms with Gasteiger partial charge < -0.3 is 9.84 Å². The van der Waals surface area contributed by atoms with Gasteiger partial charge in [0.05, 0.1) is 11.7 Å². The number of rotatable bonds is 1. The van der Waals surface area contributed by atoms with Crippen molar-refractivity contribution in [3.8, 4) is 0 Å². The molecular weight excluding hydrogens is 284 g/mol. The Bertz CT molecular complexity index is 496. The third kappa shape index (κ3) is 2.35. The van der Waals surface area contributed by atoms with Crippen LogP contribution in [0.25, 0.3) is 0 Å². The van der Waals surface area contributed by atoms with Crippen molar-refractivity contribution in [1.29, 1.82) is 0 Å². The van der Waals surface area contributed by atoms with E-state index in [1.165, 1.54) is 44.1 Å². The molecule has 0 radical (unpaired) electrons. The molecule has 1 N–H and O–H groups in total. The molecule has 0 aromatic carbocycles. The summed E-state index contributed by atoms with van der Waals surface area (Å²) in [5.74, 6) is 3.86. The van der Waals surface area contributed by atoms with Gasteiger partial charge in [-0.05, 0) is 93.3 Å². The summed E-state index contributed by atoms with van der Waals surface area (Å²) in [7, 11) is 1.89. The Kier molecular flexibility index (Phi) is 3.74. The molecule has 0 amide bonds. The molecule has 0 bridgehead atoms. The van der Waals surface area contributed by atoms with Gasteiger partial charge in [0.15, 0.2) is 0 Å². The normalized spacial score (nSPS) is 55.9. The van der Waals surface area contributed by atoms with Crippen molar-refractivity contribution in [1.82, 2.24) is 0 Å².